The van der Waals surface area contributed by atoms with Crippen molar-refractivity contribution in [2.75, 3.05) is 39.3 Å². The summed E-state index contributed by atoms with van der Waals surface area (Å²) in [5.74, 6) is 0.864. The van der Waals surface area contributed by atoms with Crippen LogP contribution in [0.4, 0.5) is 0 Å². The van der Waals surface area contributed by atoms with Gasteiger partial charge in [-0.05, 0) is 25.7 Å². The third-order valence-corrected chi connectivity index (χ3v) is 5.25. The Labute approximate surface area is 141 Å². The molecule has 1 heterocycles. The van der Waals surface area contributed by atoms with Crippen LogP contribution in [-0.4, -0.2) is 56.0 Å². The molecule has 0 aromatic heterocycles. The molecule has 23 heavy (non-hydrogen) atoms. The molecule has 1 fully saturated rings. The highest BCUT2D eigenvalue weighted by Crippen LogP contribution is 2.11. The molecular formula is C18H36N3O2+. The predicted molar refractivity (Wildman–Crippen MR) is 93.3 cm³/mol. The maximum atomic E-state index is 12.4. The highest BCUT2D eigenvalue weighted by atomic mass is 16.2. The first-order chi connectivity index (χ1) is 11.1. The van der Waals surface area contributed by atoms with E-state index in [1.807, 2.05) is 4.90 Å². The topological polar surface area (TPSA) is 53.9 Å². The molecule has 1 aliphatic rings. The lowest BCUT2D eigenvalue weighted by Crippen LogP contribution is -3.15. The Morgan fingerprint density at radius 2 is 1.48 bits per heavy atom. The van der Waals surface area contributed by atoms with Gasteiger partial charge in [-0.15, -0.1) is 0 Å². The van der Waals surface area contributed by atoms with Gasteiger partial charge in [0.1, 0.15) is 0 Å². The molecule has 0 saturated carbocycles. The van der Waals surface area contributed by atoms with Gasteiger partial charge in [0.05, 0.1) is 39.3 Å². The maximum absolute atomic E-state index is 12.4. The zero-order valence-corrected chi connectivity index (χ0v) is 15.5. The average molecular weight is 327 g/mol. The molecule has 5 nitrogen and oxygen atoms in total. The van der Waals surface area contributed by atoms with Gasteiger partial charge in [0.25, 0.3) is 0 Å². The van der Waals surface area contributed by atoms with Gasteiger partial charge in [0.2, 0.25) is 11.8 Å². The van der Waals surface area contributed by atoms with E-state index >= 15 is 0 Å². The molecule has 2 N–H and O–H groups in total. The molecule has 0 spiro atoms. The summed E-state index contributed by atoms with van der Waals surface area (Å²) in [6, 6.07) is 0. The second-order valence-corrected chi connectivity index (χ2v) is 6.64. The third-order valence-electron chi connectivity index (χ3n) is 5.25. The van der Waals surface area contributed by atoms with Crippen LogP contribution in [0.5, 0.6) is 0 Å². The van der Waals surface area contributed by atoms with Crippen LogP contribution in [-0.2, 0) is 9.59 Å². The first-order valence-electron chi connectivity index (χ1n) is 9.47. The number of carbonyl (C=O) groups excluding carboxylic acids is 2. The van der Waals surface area contributed by atoms with Crippen LogP contribution < -0.4 is 10.2 Å². The Hall–Kier alpha value is -1.10. The minimum Gasteiger partial charge on any atom is -0.350 e. The molecule has 134 valence electrons. The lowest BCUT2D eigenvalue weighted by molar-refractivity contribution is -0.902. The summed E-state index contributed by atoms with van der Waals surface area (Å²) in [5.41, 5.74) is 0. The molecule has 0 aliphatic carbocycles. The first kappa shape index (κ1) is 19.9. The second-order valence-electron chi connectivity index (χ2n) is 6.64. The number of amides is 2. The van der Waals surface area contributed by atoms with Crippen LogP contribution in [0.2, 0.25) is 0 Å². The van der Waals surface area contributed by atoms with E-state index in [0.717, 1.165) is 65.0 Å². The van der Waals surface area contributed by atoms with Gasteiger partial charge in [-0.2, -0.15) is 0 Å². The van der Waals surface area contributed by atoms with E-state index in [1.54, 1.807) is 0 Å². The zero-order chi connectivity index (χ0) is 17.2. The average Bonchev–Trinajstić information content (AvgIpc) is 2.57. The molecule has 1 rings (SSSR count). The van der Waals surface area contributed by atoms with Crippen molar-refractivity contribution < 1.29 is 14.5 Å². The smallest absolute Gasteiger partial charge is 0.226 e. The van der Waals surface area contributed by atoms with E-state index in [1.165, 1.54) is 4.90 Å². The summed E-state index contributed by atoms with van der Waals surface area (Å²) in [4.78, 5) is 27.8. The molecule has 1 saturated heterocycles. The molecule has 0 radical (unpaired) electrons. The third kappa shape index (κ3) is 6.13. The van der Waals surface area contributed by atoms with Gasteiger partial charge in [-0.25, -0.2) is 0 Å². The van der Waals surface area contributed by atoms with Crippen LogP contribution in [0.3, 0.4) is 0 Å². The normalized spacial score (nSPS) is 16.2. The Bertz CT molecular complexity index is 355. The van der Waals surface area contributed by atoms with Gasteiger partial charge in [0, 0.05) is 11.8 Å². The van der Waals surface area contributed by atoms with Crippen molar-refractivity contribution >= 4 is 11.8 Å². The number of quaternary nitrogens is 1. The van der Waals surface area contributed by atoms with E-state index in [4.69, 9.17) is 0 Å². The van der Waals surface area contributed by atoms with Gasteiger partial charge in [-0.1, -0.05) is 27.7 Å². The SMILES string of the molecule is CCC(CC)C(=O)NCC[NH+]1CCN(C(=O)C(CC)CC)CC1. The summed E-state index contributed by atoms with van der Waals surface area (Å²) in [7, 11) is 0. The fraction of sp³-hybridized carbons (Fsp3) is 0.889. The van der Waals surface area contributed by atoms with E-state index in [-0.39, 0.29) is 17.7 Å². The van der Waals surface area contributed by atoms with E-state index in [2.05, 4.69) is 33.0 Å². The molecule has 1 aliphatic heterocycles. The fourth-order valence-corrected chi connectivity index (χ4v) is 3.36. The van der Waals surface area contributed by atoms with Crippen molar-refractivity contribution in [1.82, 2.24) is 10.2 Å². The van der Waals surface area contributed by atoms with Crippen molar-refractivity contribution in [3.8, 4) is 0 Å². The minimum atomic E-state index is 0.152. The van der Waals surface area contributed by atoms with Gasteiger partial charge < -0.3 is 15.1 Å². The van der Waals surface area contributed by atoms with Crippen LogP contribution in [0.15, 0.2) is 0 Å². The van der Waals surface area contributed by atoms with Crippen molar-refractivity contribution in [3.63, 3.8) is 0 Å². The zero-order valence-electron chi connectivity index (χ0n) is 15.5. The van der Waals surface area contributed by atoms with Crippen LogP contribution >= 0.6 is 0 Å². The van der Waals surface area contributed by atoms with Crippen molar-refractivity contribution in [2.24, 2.45) is 11.8 Å². The monoisotopic (exact) mass is 326 g/mol. The predicted octanol–water partition coefficient (Wildman–Crippen LogP) is 0.702. The fourth-order valence-electron chi connectivity index (χ4n) is 3.36. The lowest BCUT2D eigenvalue weighted by atomic mass is 10.0. The Balaban J connectivity index is 2.26. The van der Waals surface area contributed by atoms with Crippen LogP contribution in [0, 0.1) is 11.8 Å². The van der Waals surface area contributed by atoms with Crippen LogP contribution in [0.1, 0.15) is 53.4 Å². The number of hydrogen-bond acceptors (Lipinski definition) is 2. The van der Waals surface area contributed by atoms with Gasteiger partial charge >= 0.3 is 0 Å². The highest BCUT2D eigenvalue weighted by Gasteiger charge is 2.27. The maximum Gasteiger partial charge on any atom is 0.226 e. The molecule has 0 bridgehead atoms. The molecule has 2 amide bonds. The van der Waals surface area contributed by atoms with E-state index in [0.29, 0.717) is 5.91 Å². The number of piperazine rings is 1. The molecule has 0 atom stereocenters. The minimum absolute atomic E-state index is 0.152. The molecule has 5 heteroatoms. The number of carbonyl (C=O) groups is 2. The lowest BCUT2D eigenvalue weighted by Gasteiger charge is -2.34. The molecule has 0 aromatic carbocycles. The largest absolute Gasteiger partial charge is 0.350 e. The summed E-state index contributed by atoms with van der Waals surface area (Å²) >= 11 is 0. The molecule has 0 unspecified atom stereocenters. The number of nitrogens with one attached hydrogen (secondary N) is 2. The van der Waals surface area contributed by atoms with Crippen molar-refractivity contribution in [1.29, 1.82) is 0 Å². The Kier molecular flexibility index (Phi) is 9.22. The number of rotatable bonds is 9. The Morgan fingerprint density at radius 3 is 1.96 bits per heavy atom. The quantitative estimate of drug-likeness (QED) is 0.655. The summed E-state index contributed by atoms with van der Waals surface area (Å²) in [6.07, 6.45) is 3.69. The Morgan fingerprint density at radius 1 is 0.957 bits per heavy atom. The second kappa shape index (κ2) is 10.6. The first-order valence-corrected chi connectivity index (χ1v) is 9.47. The summed E-state index contributed by atoms with van der Waals surface area (Å²) < 4.78 is 0. The van der Waals surface area contributed by atoms with Gasteiger partial charge in [-0.3, -0.25) is 9.59 Å². The molecule has 0 aromatic rings. The van der Waals surface area contributed by atoms with E-state index < -0.39 is 0 Å². The van der Waals surface area contributed by atoms with E-state index in [9.17, 15) is 9.59 Å². The van der Waals surface area contributed by atoms with Crippen LogP contribution in [0.25, 0.3) is 0 Å². The van der Waals surface area contributed by atoms with Gasteiger partial charge in [0.15, 0.2) is 0 Å². The molecular weight excluding hydrogens is 290 g/mol. The standard InChI is InChI=1S/C18H35N3O2/c1-5-15(6-2)17(22)19-9-10-20-11-13-21(14-12-20)18(23)16(7-3)8-4/h15-16H,5-14H2,1-4H3,(H,19,22)/p+1. The van der Waals surface area contributed by atoms with Crippen molar-refractivity contribution in [2.45, 2.75) is 53.4 Å². The summed E-state index contributed by atoms with van der Waals surface area (Å²) in [6.45, 7) is 13.7. The highest BCUT2D eigenvalue weighted by molar-refractivity contribution is 5.79. The van der Waals surface area contributed by atoms with Crippen molar-refractivity contribution in [3.05, 3.63) is 0 Å². The number of nitrogens with zero attached hydrogens (tertiary/aromatic N) is 1. The number of hydrogen-bond donors (Lipinski definition) is 2. The summed E-state index contributed by atoms with van der Waals surface area (Å²) in [5, 5.41) is 3.06.